The number of hydrazone groups is 1. The van der Waals surface area contributed by atoms with Crippen LogP contribution in [-0.2, 0) is 6.42 Å². The SMILES string of the molecule is COc1ccc(/C=N/NC(=S)Cc2ccccc2)cc1OC. The smallest absolute Gasteiger partial charge is 0.161 e. The van der Waals surface area contributed by atoms with Crippen LogP contribution in [0.15, 0.2) is 53.6 Å². The summed E-state index contributed by atoms with van der Waals surface area (Å²) in [5.74, 6) is 1.35. The van der Waals surface area contributed by atoms with E-state index in [2.05, 4.69) is 10.5 Å². The molecule has 22 heavy (non-hydrogen) atoms. The molecule has 0 aliphatic rings. The largest absolute Gasteiger partial charge is 0.493 e. The highest BCUT2D eigenvalue weighted by molar-refractivity contribution is 7.80. The van der Waals surface area contributed by atoms with E-state index in [0.29, 0.717) is 22.9 Å². The van der Waals surface area contributed by atoms with Crippen LogP contribution in [0, 0.1) is 0 Å². The predicted octanol–water partition coefficient (Wildman–Crippen LogP) is 3.20. The number of nitrogens with one attached hydrogen (secondary N) is 1. The molecule has 0 aliphatic carbocycles. The standard InChI is InChI=1S/C17H18N2O2S/c1-20-15-9-8-14(10-16(15)21-2)12-18-19-17(22)11-13-6-4-3-5-7-13/h3-10,12H,11H2,1-2H3,(H,19,22)/b18-12+. The summed E-state index contributed by atoms with van der Waals surface area (Å²) in [6.45, 7) is 0. The number of ether oxygens (including phenoxy) is 2. The van der Waals surface area contributed by atoms with Crippen LogP contribution in [0.4, 0.5) is 0 Å². The second kappa shape index (κ2) is 8.14. The van der Waals surface area contributed by atoms with Gasteiger partial charge in [0.25, 0.3) is 0 Å². The first-order valence-electron chi connectivity index (χ1n) is 6.81. The molecule has 2 rings (SSSR count). The van der Waals surface area contributed by atoms with E-state index in [4.69, 9.17) is 21.7 Å². The van der Waals surface area contributed by atoms with Crippen molar-refractivity contribution < 1.29 is 9.47 Å². The van der Waals surface area contributed by atoms with Crippen molar-refractivity contribution in [2.45, 2.75) is 6.42 Å². The molecule has 0 atom stereocenters. The summed E-state index contributed by atoms with van der Waals surface area (Å²) in [4.78, 5) is 0.669. The molecule has 5 heteroatoms. The minimum atomic E-state index is 0.665. The van der Waals surface area contributed by atoms with Gasteiger partial charge in [0.05, 0.1) is 20.4 Å². The molecule has 2 aromatic rings. The summed E-state index contributed by atoms with van der Waals surface area (Å²) < 4.78 is 10.4. The van der Waals surface area contributed by atoms with Crippen molar-refractivity contribution in [3.63, 3.8) is 0 Å². The van der Waals surface area contributed by atoms with Gasteiger partial charge in [-0.3, -0.25) is 5.43 Å². The minimum Gasteiger partial charge on any atom is -0.493 e. The molecule has 0 unspecified atom stereocenters. The van der Waals surface area contributed by atoms with Crippen LogP contribution in [0.5, 0.6) is 11.5 Å². The Morgan fingerprint density at radius 2 is 1.82 bits per heavy atom. The van der Waals surface area contributed by atoms with Gasteiger partial charge in [-0.25, -0.2) is 0 Å². The quantitative estimate of drug-likeness (QED) is 0.505. The van der Waals surface area contributed by atoms with Gasteiger partial charge in [0, 0.05) is 6.42 Å². The molecular formula is C17H18N2O2S. The monoisotopic (exact) mass is 314 g/mol. The van der Waals surface area contributed by atoms with Gasteiger partial charge in [-0.05, 0) is 29.3 Å². The van der Waals surface area contributed by atoms with Gasteiger partial charge in [-0.2, -0.15) is 5.10 Å². The fourth-order valence-electron chi connectivity index (χ4n) is 1.93. The molecule has 0 aliphatic heterocycles. The molecule has 114 valence electrons. The maximum absolute atomic E-state index is 5.27. The Kier molecular flexibility index (Phi) is 5.91. The predicted molar refractivity (Wildman–Crippen MR) is 93.0 cm³/mol. The third-order valence-corrected chi connectivity index (χ3v) is 3.25. The fourth-order valence-corrected chi connectivity index (χ4v) is 2.15. The number of hydrogen-bond acceptors (Lipinski definition) is 4. The van der Waals surface area contributed by atoms with Crippen molar-refractivity contribution >= 4 is 23.4 Å². The summed E-state index contributed by atoms with van der Waals surface area (Å²) >= 11 is 5.27. The van der Waals surface area contributed by atoms with Gasteiger partial charge < -0.3 is 9.47 Å². The Bertz CT molecular complexity index is 657. The highest BCUT2D eigenvalue weighted by atomic mass is 32.1. The van der Waals surface area contributed by atoms with Crippen molar-refractivity contribution in [2.24, 2.45) is 5.10 Å². The normalized spacial score (nSPS) is 10.5. The topological polar surface area (TPSA) is 42.8 Å². The van der Waals surface area contributed by atoms with E-state index < -0.39 is 0 Å². The fraction of sp³-hybridized carbons (Fsp3) is 0.176. The molecule has 0 amide bonds. The Balaban J connectivity index is 1.93. The summed E-state index contributed by atoms with van der Waals surface area (Å²) in [6, 6.07) is 15.6. The second-order valence-electron chi connectivity index (χ2n) is 4.57. The molecule has 0 radical (unpaired) electrons. The van der Waals surface area contributed by atoms with Gasteiger partial charge in [-0.15, -0.1) is 0 Å². The summed E-state index contributed by atoms with van der Waals surface area (Å²) in [7, 11) is 3.21. The van der Waals surface area contributed by atoms with Crippen LogP contribution >= 0.6 is 12.2 Å². The Labute approximate surface area is 135 Å². The molecule has 0 heterocycles. The Morgan fingerprint density at radius 3 is 2.50 bits per heavy atom. The third-order valence-electron chi connectivity index (χ3n) is 3.02. The summed E-state index contributed by atoms with van der Waals surface area (Å²) in [6.07, 6.45) is 2.36. The van der Waals surface area contributed by atoms with Gasteiger partial charge in [-0.1, -0.05) is 42.5 Å². The van der Waals surface area contributed by atoms with E-state index in [1.165, 1.54) is 0 Å². The lowest BCUT2D eigenvalue weighted by Crippen LogP contribution is -2.17. The second-order valence-corrected chi connectivity index (χ2v) is 5.06. The molecule has 1 N–H and O–H groups in total. The molecular weight excluding hydrogens is 296 g/mol. The number of thiocarbonyl (C=S) groups is 1. The van der Waals surface area contributed by atoms with Gasteiger partial charge >= 0.3 is 0 Å². The Hall–Kier alpha value is -2.40. The van der Waals surface area contributed by atoms with Gasteiger partial charge in [0.15, 0.2) is 11.5 Å². The molecule has 0 saturated carbocycles. The van der Waals surface area contributed by atoms with Crippen LogP contribution in [0.1, 0.15) is 11.1 Å². The van der Waals surface area contributed by atoms with Gasteiger partial charge in [0.2, 0.25) is 0 Å². The average Bonchev–Trinajstić information content (AvgIpc) is 2.55. The number of rotatable bonds is 6. The minimum absolute atomic E-state index is 0.665. The lowest BCUT2D eigenvalue weighted by atomic mass is 10.2. The molecule has 0 spiro atoms. The zero-order chi connectivity index (χ0) is 15.8. The van der Waals surface area contributed by atoms with Crippen LogP contribution in [0.25, 0.3) is 0 Å². The number of methoxy groups -OCH3 is 2. The molecule has 2 aromatic carbocycles. The third kappa shape index (κ3) is 4.56. The van der Waals surface area contributed by atoms with E-state index >= 15 is 0 Å². The zero-order valence-corrected chi connectivity index (χ0v) is 13.4. The highest BCUT2D eigenvalue weighted by Crippen LogP contribution is 2.26. The lowest BCUT2D eigenvalue weighted by molar-refractivity contribution is 0.355. The number of nitrogens with zero attached hydrogens (tertiary/aromatic N) is 1. The van der Waals surface area contributed by atoms with Crippen molar-refractivity contribution in [2.75, 3.05) is 14.2 Å². The first kappa shape index (κ1) is 16.0. The van der Waals surface area contributed by atoms with Crippen LogP contribution in [0.3, 0.4) is 0 Å². The first-order chi connectivity index (χ1) is 10.7. The first-order valence-corrected chi connectivity index (χ1v) is 7.21. The highest BCUT2D eigenvalue weighted by Gasteiger charge is 2.03. The maximum atomic E-state index is 5.27. The summed E-state index contributed by atoms with van der Waals surface area (Å²) in [5.41, 5.74) is 4.92. The molecule has 0 bridgehead atoms. The summed E-state index contributed by atoms with van der Waals surface area (Å²) in [5, 5.41) is 4.16. The average molecular weight is 314 g/mol. The van der Waals surface area contributed by atoms with E-state index in [-0.39, 0.29) is 0 Å². The molecule has 4 nitrogen and oxygen atoms in total. The lowest BCUT2D eigenvalue weighted by Gasteiger charge is -2.07. The molecule has 0 fully saturated rings. The van der Waals surface area contributed by atoms with Crippen molar-refractivity contribution in [3.05, 3.63) is 59.7 Å². The van der Waals surface area contributed by atoms with E-state index in [0.717, 1.165) is 11.1 Å². The maximum Gasteiger partial charge on any atom is 0.161 e. The molecule has 0 aromatic heterocycles. The Morgan fingerprint density at radius 1 is 1.09 bits per heavy atom. The van der Waals surface area contributed by atoms with Crippen molar-refractivity contribution in [1.29, 1.82) is 0 Å². The number of benzene rings is 2. The van der Waals surface area contributed by atoms with Gasteiger partial charge in [0.1, 0.15) is 4.99 Å². The van der Waals surface area contributed by atoms with E-state index in [1.54, 1.807) is 20.4 Å². The number of hydrogen-bond donors (Lipinski definition) is 1. The van der Waals surface area contributed by atoms with Crippen LogP contribution in [-0.4, -0.2) is 25.4 Å². The van der Waals surface area contributed by atoms with Crippen LogP contribution < -0.4 is 14.9 Å². The van der Waals surface area contributed by atoms with Crippen molar-refractivity contribution in [1.82, 2.24) is 5.43 Å². The van der Waals surface area contributed by atoms with Crippen LogP contribution in [0.2, 0.25) is 0 Å². The van der Waals surface area contributed by atoms with E-state index in [9.17, 15) is 0 Å². The zero-order valence-electron chi connectivity index (χ0n) is 12.6. The van der Waals surface area contributed by atoms with E-state index in [1.807, 2.05) is 48.5 Å². The molecule has 0 saturated heterocycles. The van der Waals surface area contributed by atoms with Crippen molar-refractivity contribution in [3.8, 4) is 11.5 Å².